The second-order valence-electron chi connectivity index (χ2n) is 8.04. The average molecular weight is 493 g/mol. The molecule has 0 atom stereocenters. The minimum absolute atomic E-state index is 0.0966. The van der Waals surface area contributed by atoms with Crippen LogP contribution in [-0.2, 0) is 19.6 Å². The summed E-state index contributed by atoms with van der Waals surface area (Å²) in [7, 11) is -3.61. The van der Waals surface area contributed by atoms with Crippen molar-refractivity contribution in [2.75, 3.05) is 25.0 Å². The highest BCUT2D eigenvalue weighted by molar-refractivity contribution is 7.89. The van der Waals surface area contributed by atoms with E-state index in [9.17, 15) is 22.8 Å². The van der Waals surface area contributed by atoms with Gasteiger partial charge in [-0.15, -0.1) is 0 Å². The number of carbonyl (C=O) groups is 3. The van der Waals surface area contributed by atoms with Gasteiger partial charge in [-0.25, -0.2) is 13.2 Å². The molecule has 180 valence electrons. The maximum Gasteiger partial charge on any atom is 0.338 e. The van der Waals surface area contributed by atoms with Crippen LogP contribution >= 0.6 is 0 Å². The summed E-state index contributed by atoms with van der Waals surface area (Å²) < 4.78 is 31.9. The average Bonchev–Trinajstić information content (AvgIpc) is 3.44. The van der Waals surface area contributed by atoms with Gasteiger partial charge in [0.1, 0.15) is 0 Å². The fourth-order valence-electron chi connectivity index (χ4n) is 3.74. The van der Waals surface area contributed by atoms with E-state index in [0.717, 1.165) is 12.8 Å². The van der Waals surface area contributed by atoms with Crippen LogP contribution < -0.4 is 5.32 Å². The number of rotatable bonds is 8. The number of ether oxygens (including phenoxy) is 1. The number of anilines is 1. The topological polar surface area (TPSA) is 110 Å². The third kappa shape index (κ3) is 5.82. The van der Waals surface area contributed by atoms with Crippen LogP contribution in [0.3, 0.4) is 0 Å². The first-order valence-corrected chi connectivity index (χ1v) is 12.6. The van der Waals surface area contributed by atoms with E-state index < -0.39 is 28.5 Å². The second kappa shape index (κ2) is 10.6. The Kier molecular flexibility index (Phi) is 7.38. The Bertz CT molecular complexity index is 1330. The molecule has 1 aliphatic rings. The van der Waals surface area contributed by atoms with Crippen molar-refractivity contribution < 1.29 is 27.5 Å². The van der Waals surface area contributed by atoms with E-state index in [2.05, 4.69) is 5.32 Å². The molecule has 3 aromatic carbocycles. The van der Waals surface area contributed by atoms with Crippen LogP contribution in [0.15, 0.2) is 83.8 Å². The van der Waals surface area contributed by atoms with E-state index in [-0.39, 0.29) is 21.9 Å². The van der Waals surface area contributed by atoms with Gasteiger partial charge >= 0.3 is 5.97 Å². The summed E-state index contributed by atoms with van der Waals surface area (Å²) in [5.74, 6) is -1.49. The Morgan fingerprint density at radius 1 is 0.800 bits per heavy atom. The monoisotopic (exact) mass is 492 g/mol. The van der Waals surface area contributed by atoms with Gasteiger partial charge in [-0.05, 0) is 43.2 Å². The minimum atomic E-state index is -3.61. The van der Waals surface area contributed by atoms with Gasteiger partial charge in [0.05, 0.1) is 10.5 Å². The fourth-order valence-corrected chi connectivity index (χ4v) is 5.30. The number of nitrogens with one attached hydrogen (secondary N) is 1. The first-order chi connectivity index (χ1) is 16.8. The van der Waals surface area contributed by atoms with Crippen molar-refractivity contribution in [2.45, 2.75) is 17.7 Å². The largest absolute Gasteiger partial charge is 0.452 e. The van der Waals surface area contributed by atoms with Gasteiger partial charge in [0.2, 0.25) is 10.0 Å². The lowest BCUT2D eigenvalue weighted by Gasteiger charge is -2.16. The van der Waals surface area contributed by atoms with Gasteiger partial charge in [0.15, 0.2) is 12.4 Å². The molecular formula is C26H24N2O6S. The minimum Gasteiger partial charge on any atom is -0.452 e. The summed E-state index contributed by atoms with van der Waals surface area (Å²) in [6.07, 6.45) is 1.65. The van der Waals surface area contributed by atoms with Crippen LogP contribution in [0, 0.1) is 0 Å². The molecule has 8 nitrogen and oxygen atoms in total. The summed E-state index contributed by atoms with van der Waals surface area (Å²) in [5, 5.41) is 2.55. The standard InChI is InChI=1S/C26H24N2O6S/c29-24(27-22-9-6-10-23(17-22)35(32,33)28-15-4-5-16-28)18-34-26(31)21-13-11-20(12-14-21)25(30)19-7-2-1-3-8-19/h1-3,6-14,17H,4-5,15-16,18H2,(H,27,29). The van der Waals surface area contributed by atoms with Crippen LogP contribution in [-0.4, -0.2) is 50.1 Å². The molecule has 1 N–H and O–H groups in total. The molecule has 0 spiro atoms. The number of benzene rings is 3. The molecule has 0 aromatic heterocycles. The van der Waals surface area contributed by atoms with Gasteiger partial charge in [-0.2, -0.15) is 4.31 Å². The molecule has 1 aliphatic heterocycles. The van der Waals surface area contributed by atoms with Gasteiger partial charge < -0.3 is 10.1 Å². The maximum atomic E-state index is 12.7. The highest BCUT2D eigenvalue weighted by Crippen LogP contribution is 2.23. The SMILES string of the molecule is O=C(COC(=O)c1ccc(C(=O)c2ccccc2)cc1)Nc1cccc(S(=O)(=O)N2CCCC2)c1. The van der Waals surface area contributed by atoms with E-state index in [4.69, 9.17) is 4.74 Å². The Hall–Kier alpha value is -3.82. The summed E-state index contributed by atoms with van der Waals surface area (Å²) in [4.78, 5) is 37.2. The van der Waals surface area contributed by atoms with E-state index in [1.807, 2.05) is 6.07 Å². The molecule has 1 saturated heterocycles. The molecule has 9 heteroatoms. The van der Waals surface area contributed by atoms with Crippen molar-refractivity contribution in [3.63, 3.8) is 0 Å². The van der Waals surface area contributed by atoms with E-state index >= 15 is 0 Å². The van der Waals surface area contributed by atoms with Crippen LogP contribution in [0.5, 0.6) is 0 Å². The van der Waals surface area contributed by atoms with Gasteiger partial charge in [-0.1, -0.05) is 48.5 Å². The number of hydrogen-bond donors (Lipinski definition) is 1. The first-order valence-electron chi connectivity index (χ1n) is 11.1. The number of carbonyl (C=O) groups excluding carboxylic acids is 3. The molecule has 0 unspecified atom stereocenters. The number of ketones is 1. The van der Waals surface area contributed by atoms with Crippen molar-refractivity contribution in [1.29, 1.82) is 0 Å². The number of esters is 1. The van der Waals surface area contributed by atoms with Crippen LogP contribution in [0.1, 0.15) is 39.1 Å². The predicted molar refractivity (Wildman–Crippen MR) is 130 cm³/mol. The summed E-state index contributed by atoms with van der Waals surface area (Å²) in [6.45, 7) is 0.416. The zero-order chi connectivity index (χ0) is 24.8. The Morgan fingerprint density at radius 3 is 2.11 bits per heavy atom. The second-order valence-corrected chi connectivity index (χ2v) is 9.97. The van der Waals surface area contributed by atoms with Crippen molar-refractivity contribution >= 4 is 33.4 Å². The lowest BCUT2D eigenvalue weighted by atomic mass is 10.0. The van der Waals surface area contributed by atoms with Gasteiger partial charge in [0, 0.05) is 29.9 Å². The molecule has 0 radical (unpaired) electrons. The molecule has 1 heterocycles. The zero-order valence-corrected chi connectivity index (χ0v) is 19.7. The molecule has 1 fully saturated rings. The zero-order valence-electron chi connectivity index (χ0n) is 18.8. The maximum absolute atomic E-state index is 12.7. The van der Waals surface area contributed by atoms with E-state index in [0.29, 0.717) is 24.2 Å². The third-order valence-corrected chi connectivity index (χ3v) is 7.47. The number of sulfonamides is 1. The van der Waals surface area contributed by atoms with Gasteiger partial charge in [-0.3, -0.25) is 9.59 Å². The van der Waals surface area contributed by atoms with E-state index in [1.54, 1.807) is 36.4 Å². The number of nitrogens with zero attached hydrogens (tertiary/aromatic N) is 1. The smallest absolute Gasteiger partial charge is 0.338 e. The molecule has 0 bridgehead atoms. The highest BCUT2D eigenvalue weighted by Gasteiger charge is 2.27. The Balaban J connectivity index is 1.33. The lowest BCUT2D eigenvalue weighted by molar-refractivity contribution is -0.119. The Morgan fingerprint density at radius 2 is 1.43 bits per heavy atom. The Labute approximate surface area is 203 Å². The molecule has 0 aliphatic carbocycles. The normalized spacial score (nSPS) is 13.8. The van der Waals surface area contributed by atoms with E-state index in [1.165, 1.54) is 40.7 Å². The number of hydrogen-bond acceptors (Lipinski definition) is 6. The van der Waals surface area contributed by atoms with Gasteiger partial charge in [0.25, 0.3) is 5.91 Å². The third-order valence-electron chi connectivity index (χ3n) is 5.57. The fraction of sp³-hybridized carbons (Fsp3) is 0.192. The molecule has 0 saturated carbocycles. The van der Waals surface area contributed by atoms with Crippen molar-refractivity contribution in [2.24, 2.45) is 0 Å². The van der Waals surface area contributed by atoms with Crippen LogP contribution in [0.2, 0.25) is 0 Å². The molecule has 1 amide bonds. The van der Waals surface area contributed by atoms with Crippen LogP contribution in [0.4, 0.5) is 5.69 Å². The summed E-state index contributed by atoms with van der Waals surface area (Å²) >= 11 is 0. The first kappa shape index (κ1) is 24.3. The van der Waals surface area contributed by atoms with Crippen molar-refractivity contribution in [3.05, 3.63) is 95.6 Å². The number of amides is 1. The summed E-state index contributed by atoms with van der Waals surface area (Å²) in [6, 6.07) is 20.7. The predicted octanol–water partition coefficient (Wildman–Crippen LogP) is 3.50. The highest BCUT2D eigenvalue weighted by atomic mass is 32.2. The van der Waals surface area contributed by atoms with Crippen molar-refractivity contribution in [3.8, 4) is 0 Å². The molecule has 3 aromatic rings. The van der Waals surface area contributed by atoms with Crippen molar-refractivity contribution in [1.82, 2.24) is 4.31 Å². The quantitative estimate of drug-likeness (QED) is 0.381. The lowest BCUT2D eigenvalue weighted by Crippen LogP contribution is -2.28. The van der Waals surface area contributed by atoms with Crippen LogP contribution in [0.25, 0.3) is 0 Å². The molecule has 35 heavy (non-hydrogen) atoms. The summed E-state index contributed by atoms with van der Waals surface area (Å²) in [5.41, 5.74) is 1.45. The molecular weight excluding hydrogens is 468 g/mol. The molecule has 4 rings (SSSR count).